The monoisotopic (exact) mass is 1120 g/mol. The number of rotatable bonds is 21. The van der Waals surface area contributed by atoms with Gasteiger partial charge in [0.2, 0.25) is 0 Å². The van der Waals surface area contributed by atoms with Crippen LogP contribution >= 0.6 is 0 Å². The quantitative estimate of drug-likeness (QED) is 0.0501. The van der Waals surface area contributed by atoms with Crippen molar-refractivity contribution >= 4 is 46.7 Å². The number of nitrogens with one attached hydrogen (secondary N) is 2. The van der Waals surface area contributed by atoms with E-state index in [1.165, 1.54) is 5.56 Å². The number of hydrogen-bond acceptors (Lipinski definition) is 10. The Balaban J connectivity index is 0.000000228. The Hall–Kier alpha value is -8.12. The summed E-state index contributed by atoms with van der Waals surface area (Å²) in [6.45, 7) is 16.9. The molecule has 80 heavy (non-hydrogen) atoms. The first kappa shape index (κ1) is 62.7. The van der Waals surface area contributed by atoms with Crippen molar-refractivity contribution in [1.82, 2.24) is 10.6 Å². The molecular weight excluding hydrogens is 1040 g/mol. The molecule has 7 aromatic rings. The molecule has 0 unspecified atom stereocenters. The summed E-state index contributed by atoms with van der Waals surface area (Å²) in [6.07, 6.45) is -0.376. The van der Waals surface area contributed by atoms with E-state index in [-0.39, 0.29) is 35.7 Å². The molecule has 13 nitrogen and oxygen atoms in total. The van der Waals surface area contributed by atoms with Crippen LogP contribution in [0.15, 0.2) is 212 Å². The molecule has 0 aliphatic carbocycles. The first-order valence-corrected chi connectivity index (χ1v) is 32.5. The van der Waals surface area contributed by atoms with E-state index in [9.17, 15) is 29.1 Å². The van der Waals surface area contributed by atoms with E-state index in [1.807, 2.05) is 201 Å². The molecule has 0 saturated carbocycles. The van der Waals surface area contributed by atoms with Gasteiger partial charge in [0.05, 0.1) is 0 Å². The number of carboxylic acids is 1. The van der Waals surface area contributed by atoms with Crippen molar-refractivity contribution in [2.24, 2.45) is 5.73 Å². The topological polar surface area (TPSA) is 193 Å². The Kier molecular flexibility index (Phi) is 23.8. The fourth-order valence-electron chi connectivity index (χ4n) is 8.17. The number of nitrogens with two attached hydrogens (primary N) is 1. The Morgan fingerprint density at radius 3 is 1.04 bits per heavy atom. The maximum atomic E-state index is 13.4. The first-order chi connectivity index (χ1) is 38.1. The highest BCUT2D eigenvalue weighted by molar-refractivity contribution is 6.76. The van der Waals surface area contributed by atoms with Crippen molar-refractivity contribution in [2.75, 3.05) is 0 Å². The number of ether oxygens (including phenoxy) is 2. The van der Waals surface area contributed by atoms with Gasteiger partial charge in [-0.1, -0.05) is 240 Å². The summed E-state index contributed by atoms with van der Waals surface area (Å²) in [5.74, 6) is -1.85. The molecule has 0 saturated heterocycles. The molecule has 5 N–H and O–H groups in total. The third kappa shape index (κ3) is 19.7. The number of carbonyl (C=O) groups excluding carboxylic acids is 4. The predicted octanol–water partition coefficient (Wildman–Crippen LogP) is 12.2. The summed E-state index contributed by atoms with van der Waals surface area (Å²) in [4.78, 5) is 61.5. The first-order valence-electron chi connectivity index (χ1n) is 26.7. The van der Waals surface area contributed by atoms with Gasteiger partial charge in [-0.2, -0.15) is 0 Å². The van der Waals surface area contributed by atoms with Gasteiger partial charge in [0, 0.05) is 22.9 Å². The molecule has 420 valence electrons. The molecule has 0 aromatic heterocycles. The summed E-state index contributed by atoms with van der Waals surface area (Å²) in [7, 11) is -4.92. The summed E-state index contributed by atoms with van der Waals surface area (Å²) in [5, 5.41) is 13.8. The number of carboxylic acid groups (broad SMARTS) is 1. The lowest BCUT2D eigenvalue weighted by atomic mass is 10.0. The van der Waals surface area contributed by atoms with E-state index >= 15 is 0 Å². The van der Waals surface area contributed by atoms with E-state index < -0.39 is 58.9 Å². The average Bonchev–Trinajstić information content (AvgIpc) is 3.47. The SMILES string of the molecule is CC(C)(c1ccccc1)[Si](C)(C)OC(=O)[C@@H](N)Cc1ccccc1.CC(C)(c1ccccc1)[Si](C)(C)OC(=O)[C@H](Cc1ccccc1)NC(=O)OCc1ccccc1.O=C(N[C@@H](Cc1ccccc1)C(=O)O)OCc1ccccc1. The zero-order chi connectivity index (χ0) is 58.2. The van der Waals surface area contributed by atoms with Crippen LogP contribution < -0.4 is 16.4 Å². The van der Waals surface area contributed by atoms with Crippen molar-refractivity contribution in [1.29, 1.82) is 0 Å². The van der Waals surface area contributed by atoms with Crippen molar-refractivity contribution in [3.05, 3.63) is 251 Å². The standard InChI is InChI=1S/C28H33NO4Si.C20H27NO2Si.C17H17NO4/c1-28(2,24-18-12-7-13-19-24)34(3,4)33-26(30)25(20-22-14-8-5-9-15-22)29-27(31)32-21-23-16-10-6-11-17-23;1-20(2,17-13-9-6-10-14-17)24(3,4)23-19(22)18(21)15-16-11-7-5-8-12-16;19-16(20)15(11-13-7-3-1-4-8-13)18-17(21)22-12-14-9-5-2-6-10-14/h5-19,25H,20-21H2,1-4H3,(H,29,31);5-14,18H,15,21H2,1-4H3;1-10,15H,11-12H2,(H,18,21)(H,19,20)/t25-;18-;15-/m000/s1. The van der Waals surface area contributed by atoms with E-state index in [2.05, 4.69) is 75.7 Å². The smallest absolute Gasteiger partial charge is 0.408 e. The van der Waals surface area contributed by atoms with Crippen LogP contribution in [0.25, 0.3) is 0 Å². The molecule has 0 heterocycles. The third-order valence-electron chi connectivity index (χ3n) is 14.5. The summed E-state index contributed by atoms with van der Waals surface area (Å²) < 4.78 is 22.6. The predicted molar refractivity (Wildman–Crippen MR) is 319 cm³/mol. The zero-order valence-corrected chi connectivity index (χ0v) is 49.2. The molecule has 15 heteroatoms. The molecule has 0 spiro atoms. The minimum absolute atomic E-state index is 0.102. The normalized spacial score (nSPS) is 12.5. The van der Waals surface area contributed by atoms with E-state index in [0.717, 1.165) is 33.4 Å². The van der Waals surface area contributed by atoms with Crippen molar-refractivity contribution < 1.29 is 47.4 Å². The van der Waals surface area contributed by atoms with Gasteiger partial charge in [0.15, 0.2) is 0 Å². The second-order valence-electron chi connectivity index (χ2n) is 21.4. The zero-order valence-electron chi connectivity index (χ0n) is 47.2. The highest BCUT2D eigenvalue weighted by Crippen LogP contribution is 2.36. The molecule has 0 aliphatic heterocycles. The van der Waals surface area contributed by atoms with Gasteiger partial charge >= 0.3 is 30.1 Å². The number of amides is 2. The summed E-state index contributed by atoms with van der Waals surface area (Å²) in [6, 6.07) is 64.9. The maximum absolute atomic E-state index is 13.4. The number of alkyl carbamates (subject to hydrolysis) is 2. The van der Waals surface area contributed by atoms with E-state index in [0.29, 0.717) is 12.8 Å². The van der Waals surface area contributed by atoms with Crippen LogP contribution in [0.2, 0.25) is 26.2 Å². The number of carbonyl (C=O) groups is 5. The number of hydrogen-bond donors (Lipinski definition) is 4. The van der Waals surface area contributed by atoms with Gasteiger partial charge in [0.25, 0.3) is 16.6 Å². The fraction of sp³-hybridized carbons (Fsp3) is 0.277. The van der Waals surface area contributed by atoms with Crippen LogP contribution in [0, 0.1) is 0 Å². The molecule has 7 rings (SSSR count). The lowest BCUT2D eigenvalue weighted by molar-refractivity contribution is -0.139. The minimum Gasteiger partial charge on any atom is -0.518 e. The Morgan fingerprint density at radius 1 is 0.425 bits per heavy atom. The van der Waals surface area contributed by atoms with E-state index in [4.69, 9.17) is 24.1 Å². The Bertz CT molecular complexity index is 2990. The van der Waals surface area contributed by atoms with Crippen molar-refractivity contribution in [3.63, 3.8) is 0 Å². The Morgan fingerprint density at radius 2 is 0.700 bits per heavy atom. The molecular formula is C65H77N3O10Si2. The highest BCUT2D eigenvalue weighted by atomic mass is 28.4. The lowest BCUT2D eigenvalue weighted by Crippen LogP contribution is -2.55. The van der Waals surface area contributed by atoms with Crippen LogP contribution in [0.4, 0.5) is 9.59 Å². The average molecular weight is 1120 g/mol. The maximum Gasteiger partial charge on any atom is 0.408 e. The molecule has 0 bridgehead atoms. The van der Waals surface area contributed by atoms with Gasteiger partial charge in [-0.25, -0.2) is 14.4 Å². The van der Waals surface area contributed by atoms with E-state index in [1.54, 1.807) is 0 Å². The van der Waals surface area contributed by atoms with Crippen LogP contribution in [0.1, 0.15) is 66.6 Å². The molecule has 3 atom stereocenters. The molecule has 2 amide bonds. The van der Waals surface area contributed by atoms with Gasteiger partial charge < -0.3 is 39.8 Å². The highest BCUT2D eigenvalue weighted by Gasteiger charge is 2.47. The Labute approximate surface area is 474 Å². The molecule has 7 aromatic carbocycles. The van der Waals surface area contributed by atoms with Crippen LogP contribution in [-0.4, -0.2) is 70.0 Å². The van der Waals surface area contributed by atoms with Gasteiger partial charge in [-0.3, -0.25) is 9.59 Å². The second-order valence-corrected chi connectivity index (χ2v) is 30.3. The van der Waals surface area contributed by atoms with Crippen LogP contribution in [-0.2, 0) is 75.3 Å². The van der Waals surface area contributed by atoms with Gasteiger partial charge in [-0.05, 0) is 71.6 Å². The number of aliphatic carboxylic acids is 1. The van der Waals surface area contributed by atoms with Crippen LogP contribution in [0.5, 0.6) is 0 Å². The molecule has 0 radical (unpaired) electrons. The lowest BCUT2D eigenvalue weighted by Gasteiger charge is -2.39. The van der Waals surface area contributed by atoms with Crippen molar-refractivity contribution in [2.45, 2.75) is 115 Å². The third-order valence-corrected chi connectivity index (χ3v) is 22.5. The fourth-order valence-corrected chi connectivity index (χ4v) is 11.7. The minimum atomic E-state index is -2.58. The summed E-state index contributed by atoms with van der Waals surface area (Å²) in [5.41, 5.74) is 12.9. The van der Waals surface area contributed by atoms with Gasteiger partial charge in [-0.15, -0.1) is 0 Å². The molecule has 0 aliphatic rings. The largest absolute Gasteiger partial charge is 0.518 e. The van der Waals surface area contributed by atoms with Gasteiger partial charge in [0.1, 0.15) is 31.3 Å². The second kappa shape index (κ2) is 30.3. The number of benzene rings is 7. The summed E-state index contributed by atoms with van der Waals surface area (Å²) >= 11 is 0. The van der Waals surface area contributed by atoms with Crippen LogP contribution in [0.3, 0.4) is 0 Å². The van der Waals surface area contributed by atoms with Crippen molar-refractivity contribution in [3.8, 4) is 0 Å². The molecule has 0 fully saturated rings.